The minimum atomic E-state index is 0.428. The molecule has 3 nitrogen and oxygen atoms in total. The first-order valence-corrected chi connectivity index (χ1v) is 10.8. The fourth-order valence-electron chi connectivity index (χ4n) is 4.76. The Balaban J connectivity index is 1.64. The van der Waals surface area contributed by atoms with Gasteiger partial charge in [0.15, 0.2) is 0 Å². The highest BCUT2D eigenvalue weighted by Crippen LogP contribution is 2.40. The molecule has 1 fully saturated rings. The molecule has 3 heteroatoms. The lowest BCUT2D eigenvalue weighted by Crippen LogP contribution is -2.26. The molecule has 0 aliphatic heterocycles. The van der Waals surface area contributed by atoms with Gasteiger partial charge in [0.25, 0.3) is 0 Å². The maximum atomic E-state index is 6.01. The summed E-state index contributed by atoms with van der Waals surface area (Å²) in [6.07, 6.45) is 7.94. The summed E-state index contributed by atoms with van der Waals surface area (Å²) in [4.78, 5) is 4.84. The van der Waals surface area contributed by atoms with Crippen molar-refractivity contribution in [2.24, 2.45) is 17.6 Å². The van der Waals surface area contributed by atoms with Gasteiger partial charge in [0.1, 0.15) is 0 Å². The minimum Gasteiger partial charge on any atom is -0.399 e. The van der Waals surface area contributed by atoms with Crippen LogP contribution in [0.4, 0.5) is 5.69 Å². The van der Waals surface area contributed by atoms with Gasteiger partial charge >= 0.3 is 0 Å². The average Bonchev–Trinajstić information content (AvgIpc) is 2.78. The van der Waals surface area contributed by atoms with Crippen molar-refractivity contribution >= 4 is 5.69 Å². The molecule has 150 valence electrons. The monoisotopic (exact) mass is 385 g/mol. The number of hydrogen-bond acceptors (Lipinski definition) is 3. The second-order valence-electron chi connectivity index (χ2n) is 8.41. The van der Waals surface area contributed by atoms with Crippen molar-refractivity contribution in [2.75, 3.05) is 12.3 Å². The fraction of sp³-hybridized carbons (Fsp3) is 0.346. The van der Waals surface area contributed by atoms with Crippen LogP contribution in [0, 0.1) is 11.8 Å². The first-order chi connectivity index (χ1) is 14.2. The molecular weight excluding hydrogens is 354 g/mol. The summed E-state index contributed by atoms with van der Waals surface area (Å²) in [6.45, 7) is 0.819. The third kappa shape index (κ3) is 4.86. The number of pyridine rings is 1. The van der Waals surface area contributed by atoms with E-state index in [1.807, 2.05) is 24.4 Å². The van der Waals surface area contributed by atoms with Gasteiger partial charge < -0.3 is 11.5 Å². The number of nitrogen functional groups attached to an aromatic ring is 1. The van der Waals surface area contributed by atoms with Crippen molar-refractivity contribution in [1.82, 2.24) is 4.98 Å². The first-order valence-electron chi connectivity index (χ1n) is 10.8. The largest absolute Gasteiger partial charge is 0.399 e. The van der Waals surface area contributed by atoms with E-state index in [9.17, 15) is 0 Å². The van der Waals surface area contributed by atoms with Crippen LogP contribution < -0.4 is 11.5 Å². The van der Waals surface area contributed by atoms with E-state index in [0.29, 0.717) is 17.8 Å². The van der Waals surface area contributed by atoms with Gasteiger partial charge in [0.05, 0.1) is 0 Å². The fourth-order valence-corrected chi connectivity index (χ4v) is 4.76. The van der Waals surface area contributed by atoms with Crippen LogP contribution in [0.2, 0.25) is 0 Å². The molecule has 0 radical (unpaired) electrons. The third-order valence-electron chi connectivity index (χ3n) is 6.47. The molecule has 4 N–H and O–H groups in total. The van der Waals surface area contributed by atoms with Gasteiger partial charge in [-0.2, -0.15) is 0 Å². The molecule has 2 aromatic carbocycles. The topological polar surface area (TPSA) is 64.9 Å². The summed E-state index contributed by atoms with van der Waals surface area (Å²) < 4.78 is 0. The Morgan fingerprint density at radius 3 is 2.34 bits per heavy atom. The predicted octanol–water partition coefficient (Wildman–Crippen LogP) is 5.42. The predicted molar refractivity (Wildman–Crippen MR) is 121 cm³/mol. The van der Waals surface area contributed by atoms with E-state index in [4.69, 9.17) is 16.5 Å². The molecule has 1 atom stereocenters. The van der Waals surface area contributed by atoms with Crippen LogP contribution in [0.15, 0.2) is 72.9 Å². The maximum Gasteiger partial charge on any atom is 0.0446 e. The van der Waals surface area contributed by atoms with Gasteiger partial charge in [0.2, 0.25) is 0 Å². The summed E-state index contributed by atoms with van der Waals surface area (Å²) in [6, 6.07) is 23.3. The third-order valence-corrected chi connectivity index (χ3v) is 6.47. The molecule has 1 heterocycles. The standard InChI is InChI=1S/C26H31N3/c27-18-20-9-11-21(12-10-20)25(15-19-5-2-1-3-6-19)26-17-23(13-14-29-26)22-7-4-8-24(28)16-22/h1-8,13-14,16-17,20-21,25H,9-12,15,18,27-28H2. The summed E-state index contributed by atoms with van der Waals surface area (Å²) in [5, 5.41) is 0. The van der Waals surface area contributed by atoms with Crippen LogP contribution >= 0.6 is 0 Å². The summed E-state index contributed by atoms with van der Waals surface area (Å²) in [5.41, 5.74) is 17.7. The normalized spacial score (nSPS) is 20.3. The van der Waals surface area contributed by atoms with Crippen molar-refractivity contribution in [2.45, 2.75) is 38.0 Å². The Hall–Kier alpha value is -2.65. The van der Waals surface area contributed by atoms with Gasteiger partial charge in [0, 0.05) is 23.5 Å². The Morgan fingerprint density at radius 1 is 0.862 bits per heavy atom. The van der Waals surface area contributed by atoms with Gasteiger partial charge in [-0.05, 0) is 91.4 Å². The van der Waals surface area contributed by atoms with Gasteiger partial charge in [-0.25, -0.2) is 0 Å². The second-order valence-corrected chi connectivity index (χ2v) is 8.41. The number of anilines is 1. The smallest absolute Gasteiger partial charge is 0.0446 e. The van der Waals surface area contributed by atoms with Gasteiger partial charge in [-0.15, -0.1) is 0 Å². The van der Waals surface area contributed by atoms with E-state index in [0.717, 1.165) is 24.2 Å². The van der Waals surface area contributed by atoms with Crippen molar-refractivity contribution in [1.29, 1.82) is 0 Å². The number of benzene rings is 2. The molecule has 4 rings (SSSR count). The molecule has 0 saturated heterocycles. The molecule has 0 bridgehead atoms. The first kappa shape index (κ1) is 19.7. The molecule has 1 aromatic heterocycles. The van der Waals surface area contributed by atoms with Crippen molar-refractivity contribution in [3.8, 4) is 11.1 Å². The number of nitrogens with zero attached hydrogens (tertiary/aromatic N) is 1. The lowest BCUT2D eigenvalue weighted by atomic mass is 9.72. The Bertz CT molecular complexity index is 914. The highest BCUT2D eigenvalue weighted by atomic mass is 14.7. The van der Waals surface area contributed by atoms with Crippen molar-refractivity contribution < 1.29 is 0 Å². The lowest BCUT2D eigenvalue weighted by Gasteiger charge is -2.33. The molecule has 29 heavy (non-hydrogen) atoms. The van der Waals surface area contributed by atoms with E-state index in [1.165, 1.54) is 42.5 Å². The number of nitrogens with two attached hydrogens (primary N) is 2. The van der Waals surface area contributed by atoms with Crippen molar-refractivity contribution in [3.05, 3.63) is 84.2 Å². The highest BCUT2D eigenvalue weighted by molar-refractivity contribution is 5.67. The summed E-state index contributed by atoms with van der Waals surface area (Å²) in [5.74, 6) is 1.77. The van der Waals surface area contributed by atoms with E-state index in [-0.39, 0.29) is 0 Å². The Morgan fingerprint density at radius 2 is 1.62 bits per heavy atom. The molecule has 1 unspecified atom stereocenters. The SMILES string of the molecule is NCC1CCC(C(Cc2ccccc2)c2cc(-c3cccc(N)c3)ccn2)CC1. The van der Waals surface area contributed by atoms with Crippen molar-refractivity contribution in [3.63, 3.8) is 0 Å². The minimum absolute atomic E-state index is 0.428. The van der Waals surface area contributed by atoms with Crippen LogP contribution in [0.25, 0.3) is 11.1 Å². The molecule has 0 amide bonds. The van der Waals surface area contributed by atoms with Gasteiger partial charge in [-0.3, -0.25) is 4.98 Å². The molecule has 0 spiro atoms. The van der Waals surface area contributed by atoms with Gasteiger partial charge in [-0.1, -0.05) is 42.5 Å². The van der Waals surface area contributed by atoms with E-state index in [1.54, 1.807) is 0 Å². The maximum absolute atomic E-state index is 6.01. The number of hydrogen-bond donors (Lipinski definition) is 2. The van der Waals surface area contributed by atoms with E-state index < -0.39 is 0 Å². The zero-order chi connectivity index (χ0) is 20.1. The van der Waals surface area contributed by atoms with Crippen LogP contribution in [-0.4, -0.2) is 11.5 Å². The number of rotatable bonds is 6. The molecule has 1 aliphatic carbocycles. The van der Waals surface area contributed by atoms with E-state index in [2.05, 4.69) is 48.5 Å². The second kappa shape index (κ2) is 9.23. The molecular formula is C26H31N3. The molecule has 1 aliphatic rings. The van der Waals surface area contributed by atoms with E-state index >= 15 is 0 Å². The quantitative estimate of drug-likeness (QED) is 0.557. The van der Waals surface area contributed by atoms with Crippen LogP contribution in [0.5, 0.6) is 0 Å². The van der Waals surface area contributed by atoms with Crippen LogP contribution in [0.1, 0.15) is 42.9 Å². The average molecular weight is 386 g/mol. The number of aromatic nitrogens is 1. The molecule has 3 aromatic rings. The molecule has 1 saturated carbocycles. The Labute approximate surface area is 174 Å². The zero-order valence-corrected chi connectivity index (χ0v) is 17.0. The summed E-state index contributed by atoms with van der Waals surface area (Å²) >= 11 is 0. The van der Waals surface area contributed by atoms with Crippen LogP contribution in [-0.2, 0) is 6.42 Å². The summed E-state index contributed by atoms with van der Waals surface area (Å²) in [7, 11) is 0. The highest BCUT2D eigenvalue weighted by Gasteiger charge is 2.29. The lowest BCUT2D eigenvalue weighted by molar-refractivity contribution is 0.242. The Kier molecular flexibility index (Phi) is 6.26. The zero-order valence-electron chi connectivity index (χ0n) is 17.0. The van der Waals surface area contributed by atoms with Crippen LogP contribution in [0.3, 0.4) is 0 Å².